The molecule has 6 heteroatoms. The highest BCUT2D eigenvalue weighted by Gasteiger charge is 2.11. The van der Waals surface area contributed by atoms with Gasteiger partial charge in [-0.15, -0.1) is 11.3 Å². The fraction of sp³-hybridized carbons (Fsp3) is 0.235. The first kappa shape index (κ1) is 16.9. The standard InChI is InChI=1S/C17H17NO4S/c19-14(15-7-4-10-23-15)8-9-16(20)18-11-17(21)22-12-13-5-2-1-3-6-13/h1-7,10H,8-9,11-12H2,(H,18,20). The van der Waals surface area contributed by atoms with E-state index in [0.717, 1.165) is 5.56 Å². The Morgan fingerprint density at radius 2 is 1.78 bits per heavy atom. The van der Waals surface area contributed by atoms with E-state index in [0.29, 0.717) is 4.88 Å². The van der Waals surface area contributed by atoms with Crippen LogP contribution in [-0.2, 0) is 20.9 Å². The van der Waals surface area contributed by atoms with Crippen LogP contribution in [0.25, 0.3) is 0 Å². The van der Waals surface area contributed by atoms with Gasteiger partial charge in [0.25, 0.3) is 0 Å². The maximum absolute atomic E-state index is 11.7. The van der Waals surface area contributed by atoms with Crippen molar-refractivity contribution in [2.75, 3.05) is 6.54 Å². The van der Waals surface area contributed by atoms with Crippen LogP contribution in [0.3, 0.4) is 0 Å². The Kier molecular flexibility index (Phi) is 6.50. The van der Waals surface area contributed by atoms with Crippen molar-refractivity contribution < 1.29 is 19.1 Å². The van der Waals surface area contributed by atoms with Crippen molar-refractivity contribution >= 4 is 29.0 Å². The molecule has 0 atom stereocenters. The minimum Gasteiger partial charge on any atom is -0.460 e. The molecule has 0 spiro atoms. The van der Waals surface area contributed by atoms with E-state index in [1.54, 1.807) is 12.1 Å². The number of benzene rings is 1. The Balaban J connectivity index is 1.62. The molecule has 0 fully saturated rings. The topological polar surface area (TPSA) is 72.5 Å². The van der Waals surface area contributed by atoms with Gasteiger partial charge in [-0.05, 0) is 17.0 Å². The van der Waals surface area contributed by atoms with Crippen LogP contribution in [0, 0.1) is 0 Å². The van der Waals surface area contributed by atoms with Crippen LogP contribution in [-0.4, -0.2) is 24.2 Å². The van der Waals surface area contributed by atoms with Gasteiger partial charge in [-0.25, -0.2) is 0 Å². The number of ketones is 1. The van der Waals surface area contributed by atoms with Crippen molar-refractivity contribution in [3.05, 3.63) is 58.3 Å². The summed E-state index contributed by atoms with van der Waals surface area (Å²) >= 11 is 1.35. The Morgan fingerprint density at radius 1 is 1.00 bits per heavy atom. The number of carbonyl (C=O) groups excluding carboxylic acids is 3. The van der Waals surface area contributed by atoms with Gasteiger partial charge in [0.15, 0.2) is 5.78 Å². The zero-order valence-corrected chi connectivity index (χ0v) is 13.3. The number of ether oxygens (including phenoxy) is 1. The SMILES string of the molecule is O=C(CCC(=O)c1cccs1)NCC(=O)OCc1ccccc1. The number of carbonyl (C=O) groups is 3. The van der Waals surface area contributed by atoms with E-state index in [1.807, 2.05) is 35.7 Å². The zero-order chi connectivity index (χ0) is 16.5. The second-order valence-corrected chi connectivity index (χ2v) is 5.77. The highest BCUT2D eigenvalue weighted by Crippen LogP contribution is 2.12. The van der Waals surface area contributed by atoms with Crippen LogP contribution in [0.1, 0.15) is 28.1 Å². The Morgan fingerprint density at radius 3 is 2.48 bits per heavy atom. The molecule has 0 aliphatic rings. The number of esters is 1. The predicted octanol–water partition coefficient (Wildman–Crippen LogP) is 2.57. The molecule has 1 amide bonds. The normalized spacial score (nSPS) is 10.1. The quantitative estimate of drug-likeness (QED) is 0.596. The van der Waals surface area contributed by atoms with Gasteiger partial charge in [0, 0.05) is 12.8 Å². The van der Waals surface area contributed by atoms with Crippen molar-refractivity contribution in [3.8, 4) is 0 Å². The Labute approximate surface area is 138 Å². The summed E-state index contributed by atoms with van der Waals surface area (Å²) in [5.41, 5.74) is 0.883. The molecule has 5 nitrogen and oxygen atoms in total. The maximum Gasteiger partial charge on any atom is 0.325 e. The molecule has 0 saturated carbocycles. The van der Waals surface area contributed by atoms with Crippen LogP contribution in [0.5, 0.6) is 0 Å². The van der Waals surface area contributed by atoms with Crippen LogP contribution in [0.4, 0.5) is 0 Å². The van der Waals surface area contributed by atoms with E-state index in [1.165, 1.54) is 11.3 Å². The molecule has 120 valence electrons. The summed E-state index contributed by atoms with van der Waals surface area (Å²) in [5, 5.41) is 4.27. The molecule has 1 N–H and O–H groups in total. The summed E-state index contributed by atoms with van der Waals surface area (Å²) in [4.78, 5) is 35.6. The van der Waals surface area contributed by atoms with Gasteiger partial charge >= 0.3 is 5.97 Å². The molecule has 0 bridgehead atoms. The summed E-state index contributed by atoms with van der Waals surface area (Å²) in [6.45, 7) is -0.0226. The lowest BCUT2D eigenvalue weighted by molar-refractivity contribution is -0.145. The van der Waals surface area contributed by atoms with Crippen molar-refractivity contribution in [2.45, 2.75) is 19.4 Å². The van der Waals surface area contributed by atoms with E-state index in [2.05, 4.69) is 5.32 Å². The average molecular weight is 331 g/mol. The highest BCUT2D eigenvalue weighted by molar-refractivity contribution is 7.12. The van der Waals surface area contributed by atoms with Crippen LogP contribution in [0.15, 0.2) is 47.8 Å². The molecule has 0 radical (unpaired) electrons. The summed E-state index contributed by atoms with van der Waals surface area (Å²) in [5.74, 6) is -0.917. The number of hydrogen-bond donors (Lipinski definition) is 1. The van der Waals surface area contributed by atoms with Crippen LogP contribution in [0.2, 0.25) is 0 Å². The lowest BCUT2D eigenvalue weighted by Gasteiger charge is -2.06. The molecule has 0 saturated heterocycles. The van der Waals surface area contributed by atoms with Gasteiger partial charge in [0.1, 0.15) is 13.2 Å². The second kappa shape index (κ2) is 8.85. The predicted molar refractivity (Wildman–Crippen MR) is 87.1 cm³/mol. The van der Waals surface area contributed by atoms with Crippen molar-refractivity contribution in [2.24, 2.45) is 0 Å². The van der Waals surface area contributed by atoms with Crippen molar-refractivity contribution in [1.82, 2.24) is 5.32 Å². The second-order valence-electron chi connectivity index (χ2n) is 4.82. The lowest BCUT2D eigenvalue weighted by Crippen LogP contribution is -2.30. The summed E-state index contributed by atoms with van der Waals surface area (Å²) < 4.78 is 5.04. The monoisotopic (exact) mass is 331 g/mol. The van der Waals surface area contributed by atoms with E-state index >= 15 is 0 Å². The minimum atomic E-state index is -0.508. The maximum atomic E-state index is 11.7. The molecular weight excluding hydrogens is 314 g/mol. The average Bonchev–Trinajstić information content (AvgIpc) is 3.11. The summed E-state index contributed by atoms with van der Waals surface area (Å²) in [6, 6.07) is 12.8. The van der Waals surface area contributed by atoms with Crippen molar-refractivity contribution in [1.29, 1.82) is 0 Å². The first-order valence-electron chi connectivity index (χ1n) is 7.18. The molecule has 1 aromatic carbocycles. The molecule has 1 heterocycles. The lowest BCUT2D eigenvalue weighted by atomic mass is 10.2. The van der Waals surface area contributed by atoms with Gasteiger partial charge in [0.05, 0.1) is 4.88 Å². The van der Waals surface area contributed by atoms with E-state index in [4.69, 9.17) is 4.74 Å². The molecule has 23 heavy (non-hydrogen) atoms. The first-order chi connectivity index (χ1) is 11.1. The number of nitrogens with one attached hydrogen (secondary N) is 1. The van der Waals surface area contributed by atoms with Crippen LogP contribution < -0.4 is 5.32 Å². The third kappa shape index (κ3) is 6.04. The van der Waals surface area contributed by atoms with E-state index in [-0.39, 0.29) is 37.7 Å². The molecule has 0 unspecified atom stereocenters. The first-order valence-corrected chi connectivity index (χ1v) is 8.06. The number of Topliss-reactive ketones (excluding diaryl/α,β-unsaturated/α-hetero) is 1. The van der Waals surface area contributed by atoms with Crippen LogP contribution >= 0.6 is 11.3 Å². The fourth-order valence-electron chi connectivity index (χ4n) is 1.84. The molecule has 1 aromatic heterocycles. The fourth-order valence-corrected chi connectivity index (χ4v) is 2.53. The third-order valence-corrected chi connectivity index (χ3v) is 3.96. The smallest absolute Gasteiger partial charge is 0.325 e. The number of amides is 1. The number of thiophene rings is 1. The molecule has 0 aliphatic carbocycles. The Bertz CT molecular complexity index is 652. The zero-order valence-electron chi connectivity index (χ0n) is 12.5. The van der Waals surface area contributed by atoms with Gasteiger partial charge in [-0.1, -0.05) is 36.4 Å². The minimum absolute atomic E-state index is 0.0582. The van der Waals surface area contributed by atoms with Gasteiger partial charge in [-0.3, -0.25) is 14.4 Å². The highest BCUT2D eigenvalue weighted by atomic mass is 32.1. The third-order valence-electron chi connectivity index (χ3n) is 3.05. The molecule has 2 rings (SSSR count). The molecule has 2 aromatic rings. The van der Waals surface area contributed by atoms with Gasteiger partial charge in [-0.2, -0.15) is 0 Å². The van der Waals surface area contributed by atoms with Gasteiger partial charge < -0.3 is 10.1 Å². The summed E-state index contributed by atoms with van der Waals surface area (Å²) in [6.07, 6.45) is 0.189. The van der Waals surface area contributed by atoms with E-state index < -0.39 is 5.97 Å². The largest absolute Gasteiger partial charge is 0.460 e. The number of hydrogen-bond acceptors (Lipinski definition) is 5. The molecular formula is C17H17NO4S. The number of rotatable bonds is 8. The van der Waals surface area contributed by atoms with Crippen molar-refractivity contribution in [3.63, 3.8) is 0 Å². The molecule has 0 aliphatic heterocycles. The summed E-state index contributed by atoms with van der Waals surface area (Å²) in [7, 11) is 0. The Hall–Kier alpha value is -2.47. The van der Waals surface area contributed by atoms with E-state index in [9.17, 15) is 14.4 Å². The van der Waals surface area contributed by atoms with Gasteiger partial charge in [0.2, 0.25) is 5.91 Å².